The number of anilines is 1. The number of halogens is 2. The minimum absolute atomic E-state index is 0. The molecule has 1 unspecified atom stereocenters. The van der Waals surface area contributed by atoms with Crippen LogP contribution >= 0.6 is 12.4 Å². The topological polar surface area (TPSA) is 126 Å². The quantitative estimate of drug-likeness (QED) is 0.186. The van der Waals surface area contributed by atoms with Crippen LogP contribution in [0.1, 0.15) is 23.0 Å². The number of ether oxygens (including phenoxy) is 3. The largest absolute Gasteiger partial charge is 0.497 e. The van der Waals surface area contributed by atoms with Crippen molar-refractivity contribution in [3.63, 3.8) is 0 Å². The lowest BCUT2D eigenvalue weighted by atomic mass is 10.2. The summed E-state index contributed by atoms with van der Waals surface area (Å²) in [6.45, 7) is 3.47. The van der Waals surface area contributed by atoms with Crippen molar-refractivity contribution in [2.24, 2.45) is 0 Å². The monoisotopic (exact) mass is 649 g/mol. The molecule has 0 bridgehead atoms. The van der Waals surface area contributed by atoms with Crippen LogP contribution in [0.2, 0.25) is 0 Å². The SMILES string of the molecule is CNCC(=O)OC(C)Cn1c(C)c(C(=O)Nc2ccc(Oc3ccnc4cc(OC)ccc34)c(F)c2)c(=O)n1-c1ccccc1.Cl. The minimum atomic E-state index is -0.723. The van der Waals surface area contributed by atoms with E-state index in [9.17, 15) is 14.4 Å². The first-order valence-corrected chi connectivity index (χ1v) is 14.1. The number of nitrogens with one attached hydrogen (secondary N) is 2. The summed E-state index contributed by atoms with van der Waals surface area (Å²) in [5.41, 5.74) is 0.901. The fourth-order valence-electron chi connectivity index (χ4n) is 4.94. The Kier molecular flexibility index (Phi) is 10.8. The zero-order chi connectivity index (χ0) is 32.1. The van der Waals surface area contributed by atoms with E-state index >= 15 is 4.39 Å². The Morgan fingerprint density at radius 1 is 1.02 bits per heavy atom. The van der Waals surface area contributed by atoms with Crippen molar-refractivity contribution in [2.45, 2.75) is 26.5 Å². The van der Waals surface area contributed by atoms with Gasteiger partial charge in [0.1, 0.15) is 23.2 Å². The number of hydrogen-bond donors (Lipinski definition) is 2. The Balaban J connectivity index is 0.00000480. The van der Waals surface area contributed by atoms with Gasteiger partial charge in [0, 0.05) is 29.4 Å². The van der Waals surface area contributed by atoms with E-state index < -0.39 is 29.4 Å². The van der Waals surface area contributed by atoms with Crippen molar-refractivity contribution in [3.8, 4) is 22.9 Å². The third-order valence-electron chi connectivity index (χ3n) is 7.03. The van der Waals surface area contributed by atoms with Crippen LogP contribution in [0.4, 0.5) is 10.1 Å². The molecule has 240 valence electrons. The average molecular weight is 650 g/mol. The second-order valence-corrected chi connectivity index (χ2v) is 10.2. The van der Waals surface area contributed by atoms with E-state index in [4.69, 9.17) is 14.2 Å². The predicted octanol–water partition coefficient (Wildman–Crippen LogP) is 5.26. The number of benzene rings is 3. The van der Waals surface area contributed by atoms with E-state index in [0.29, 0.717) is 33.8 Å². The highest BCUT2D eigenvalue weighted by molar-refractivity contribution is 6.05. The molecule has 1 atom stereocenters. The molecular formula is C33H33ClFN5O6. The maximum absolute atomic E-state index is 15.2. The second-order valence-electron chi connectivity index (χ2n) is 10.2. The first kappa shape index (κ1) is 33.7. The Morgan fingerprint density at radius 3 is 2.48 bits per heavy atom. The van der Waals surface area contributed by atoms with Crippen LogP contribution < -0.4 is 25.7 Å². The summed E-state index contributed by atoms with van der Waals surface area (Å²) in [5, 5.41) is 6.03. The fourth-order valence-corrected chi connectivity index (χ4v) is 4.94. The van der Waals surface area contributed by atoms with Crippen LogP contribution in [-0.2, 0) is 16.1 Å². The van der Waals surface area contributed by atoms with Gasteiger partial charge in [0.2, 0.25) is 0 Å². The van der Waals surface area contributed by atoms with Crippen LogP contribution in [0, 0.1) is 12.7 Å². The molecule has 0 aliphatic carbocycles. The summed E-state index contributed by atoms with van der Waals surface area (Å²) in [7, 11) is 3.19. The number of carbonyl (C=O) groups is 2. The molecule has 46 heavy (non-hydrogen) atoms. The van der Waals surface area contributed by atoms with Crippen molar-refractivity contribution in [1.82, 2.24) is 19.7 Å². The van der Waals surface area contributed by atoms with Crippen molar-refractivity contribution in [3.05, 3.63) is 106 Å². The lowest BCUT2D eigenvalue weighted by Crippen LogP contribution is -2.30. The number of para-hydroxylation sites is 1. The molecule has 0 aliphatic rings. The lowest BCUT2D eigenvalue weighted by molar-refractivity contribution is -0.147. The van der Waals surface area contributed by atoms with Gasteiger partial charge in [-0.2, -0.15) is 0 Å². The van der Waals surface area contributed by atoms with E-state index in [2.05, 4.69) is 15.6 Å². The van der Waals surface area contributed by atoms with Crippen LogP contribution in [0.25, 0.3) is 16.6 Å². The number of carbonyl (C=O) groups excluding carboxylic acids is 2. The zero-order valence-corrected chi connectivity index (χ0v) is 26.4. The number of hydrogen-bond acceptors (Lipinski definition) is 8. The molecule has 0 spiro atoms. The van der Waals surface area contributed by atoms with Gasteiger partial charge < -0.3 is 24.8 Å². The Bertz CT molecular complexity index is 1930. The van der Waals surface area contributed by atoms with Gasteiger partial charge in [-0.3, -0.25) is 24.0 Å². The molecule has 2 heterocycles. The third kappa shape index (κ3) is 7.19. The minimum Gasteiger partial charge on any atom is -0.497 e. The molecule has 13 heteroatoms. The van der Waals surface area contributed by atoms with Crippen molar-refractivity contribution >= 4 is 40.9 Å². The molecule has 1 amide bonds. The van der Waals surface area contributed by atoms with Crippen LogP contribution in [0.15, 0.2) is 83.8 Å². The number of esters is 1. The first-order chi connectivity index (χ1) is 21.7. The van der Waals surface area contributed by atoms with Gasteiger partial charge in [-0.25, -0.2) is 9.07 Å². The van der Waals surface area contributed by atoms with Gasteiger partial charge in [-0.15, -0.1) is 12.4 Å². The third-order valence-corrected chi connectivity index (χ3v) is 7.03. The second kappa shape index (κ2) is 14.7. The van der Waals surface area contributed by atoms with Gasteiger partial charge in [0.15, 0.2) is 11.6 Å². The van der Waals surface area contributed by atoms with E-state index in [1.165, 1.54) is 16.8 Å². The lowest BCUT2D eigenvalue weighted by Gasteiger charge is -2.18. The Morgan fingerprint density at radius 2 is 1.78 bits per heavy atom. The highest BCUT2D eigenvalue weighted by Crippen LogP contribution is 2.33. The summed E-state index contributed by atoms with van der Waals surface area (Å²) < 4.78 is 34.7. The number of rotatable bonds is 11. The van der Waals surface area contributed by atoms with Gasteiger partial charge >= 0.3 is 5.97 Å². The molecule has 5 rings (SSSR count). The summed E-state index contributed by atoms with van der Waals surface area (Å²) in [6.07, 6.45) is 0.941. The number of fused-ring (bicyclic) bond motifs is 1. The number of amides is 1. The van der Waals surface area contributed by atoms with Crippen molar-refractivity contribution in [2.75, 3.05) is 26.0 Å². The van der Waals surface area contributed by atoms with Gasteiger partial charge in [-0.1, -0.05) is 18.2 Å². The van der Waals surface area contributed by atoms with Gasteiger partial charge in [0.25, 0.3) is 11.5 Å². The number of aromatic nitrogens is 3. The smallest absolute Gasteiger partial charge is 0.320 e. The molecule has 2 N–H and O–H groups in total. The highest BCUT2D eigenvalue weighted by Gasteiger charge is 2.26. The van der Waals surface area contributed by atoms with Crippen molar-refractivity contribution in [1.29, 1.82) is 0 Å². The number of pyridine rings is 1. The Labute approximate surface area is 270 Å². The normalized spacial score (nSPS) is 11.4. The van der Waals surface area contributed by atoms with Crippen LogP contribution in [0.5, 0.6) is 17.2 Å². The Hall–Kier alpha value is -5.20. The van der Waals surface area contributed by atoms with Crippen LogP contribution in [0.3, 0.4) is 0 Å². The van der Waals surface area contributed by atoms with Gasteiger partial charge in [0.05, 0.1) is 37.1 Å². The molecule has 0 radical (unpaired) electrons. The predicted molar refractivity (Wildman–Crippen MR) is 174 cm³/mol. The molecule has 0 aliphatic heterocycles. The number of likely N-dealkylation sites (N-methyl/N-ethyl adjacent to an activating group) is 1. The molecular weight excluding hydrogens is 617 g/mol. The highest BCUT2D eigenvalue weighted by atomic mass is 35.5. The molecule has 3 aromatic carbocycles. The molecule has 0 fully saturated rings. The van der Waals surface area contributed by atoms with E-state index in [-0.39, 0.29) is 42.5 Å². The summed E-state index contributed by atoms with van der Waals surface area (Å²) in [5.74, 6) is -0.938. The maximum atomic E-state index is 15.2. The molecule has 11 nitrogen and oxygen atoms in total. The fraction of sp³-hybridized carbons (Fsp3) is 0.212. The number of nitrogens with zero attached hydrogens (tertiary/aromatic N) is 3. The first-order valence-electron chi connectivity index (χ1n) is 14.1. The van der Waals surface area contributed by atoms with Gasteiger partial charge in [-0.05, 0) is 63.4 Å². The zero-order valence-electron chi connectivity index (χ0n) is 25.6. The summed E-state index contributed by atoms with van der Waals surface area (Å²) in [6, 6.07) is 19.7. The van der Waals surface area contributed by atoms with E-state index in [1.807, 2.05) is 0 Å². The molecule has 0 saturated heterocycles. The molecule has 2 aromatic heterocycles. The van der Waals surface area contributed by atoms with Crippen LogP contribution in [-0.4, -0.2) is 53.0 Å². The maximum Gasteiger partial charge on any atom is 0.320 e. The molecule has 5 aromatic rings. The van der Waals surface area contributed by atoms with E-state index in [0.717, 1.165) is 6.07 Å². The molecule has 0 saturated carbocycles. The standard InChI is InChI=1S/C33H32FN5O6.ClH/c1-20(44-30(40)18-35-3)19-38-21(2)31(33(42)39(38)23-8-6-5-7-9-23)32(41)37-22-10-13-29(26(34)16-22)45-28-14-15-36-27-17-24(43-4)11-12-25(27)28;/h5-17,20,35H,18-19H2,1-4H3,(H,37,41);1H. The van der Waals surface area contributed by atoms with Crippen molar-refractivity contribution < 1.29 is 28.2 Å². The van der Waals surface area contributed by atoms with E-state index in [1.54, 1.807) is 93.5 Å². The summed E-state index contributed by atoms with van der Waals surface area (Å²) in [4.78, 5) is 43.5. The summed E-state index contributed by atoms with van der Waals surface area (Å²) >= 11 is 0. The average Bonchev–Trinajstić information content (AvgIpc) is 3.26. The number of methoxy groups -OCH3 is 1.